The van der Waals surface area contributed by atoms with Crippen LogP contribution in [0, 0.1) is 0 Å². The van der Waals surface area contributed by atoms with E-state index in [4.69, 9.17) is 10.5 Å². The van der Waals surface area contributed by atoms with Gasteiger partial charge in [-0.05, 0) is 66.9 Å². The van der Waals surface area contributed by atoms with E-state index in [9.17, 15) is 4.79 Å². The van der Waals surface area contributed by atoms with Gasteiger partial charge in [0.05, 0.1) is 18.2 Å². The van der Waals surface area contributed by atoms with Crippen LogP contribution in [0.4, 0.5) is 0 Å². The van der Waals surface area contributed by atoms with Crippen LogP contribution >= 0.6 is 0 Å². The molecule has 2 atom stereocenters. The zero-order chi connectivity index (χ0) is 21.8. The summed E-state index contributed by atoms with van der Waals surface area (Å²) in [5.74, 6) is 0.716. The van der Waals surface area contributed by atoms with Crippen molar-refractivity contribution >= 4 is 16.9 Å². The number of hydrogen-bond donors (Lipinski definition) is 1. The number of nitrogens with zero attached hydrogens (tertiary/aromatic N) is 1. The summed E-state index contributed by atoms with van der Waals surface area (Å²) in [4.78, 5) is 12.6. The first-order chi connectivity index (χ1) is 15.7. The van der Waals surface area contributed by atoms with Crippen LogP contribution in [0.1, 0.15) is 74.5 Å². The fourth-order valence-corrected chi connectivity index (χ4v) is 6.72. The Morgan fingerprint density at radius 1 is 1.12 bits per heavy atom. The van der Waals surface area contributed by atoms with Crippen LogP contribution in [-0.4, -0.2) is 23.7 Å². The van der Waals surface area contributed by atoms with E-state index in [2.05, 4.69) is 34.9 Å². The Morgan fingerprint density at radius 2 is 1.97 bits per heavy atom. The van der Waals surface area contributed by atoms with Crippen molar-refractivity contribution < 1.29 is 9.53 Å². The van der Waals surface area contributed by atoms with Gasteiger partial charge in [0.1, 0.15) is 0 Å². The Bertz CT molecular complexity index is 1190. The SMILES string of the molecule is COC(=O)C1=C2Cn3c(cc4cccc(C5CCCCC5)c43)C3CC(N)CCC3=C2C=C1. The van der Waals surface area contributed by atoms with Crippen LogP contribution in [0.5, 0.6) is 0 Å². The summed E-state index contributed by atoms with van der Waals surface area (Å²) in [5, 5.41) is 1.33. The predicted molar refractivity (Wildman–Crippen MR) is 128 cm³/mol. The van der Waals surface area contributed by atoms with Crippen molar-refractivity contribution in [2.24, 2.45) is 5.73 Å². The van der Waals surface area contributed by atoms with E-state index < -0.39 is 0 Å². The van der Waals surface area contributed by atoms with Crippen molar-refractivity contribution in [2.75, 3.05) is 7.11 Å². The molecular formula is C28H32N2O2. The van der Waals surface area contributed by atoms with Crippen molar-refractivity contribution in [3.8, 4) is 0 Å². The minimum Gasteiger partial charge on any atom is -0.465 e. The number of fused-ring (bicyclic) bond motifs is 6. The molecule has 2 fully saturated rings. The summed E-state index contributed by atoms with van der Waals surface area (Å²) < 4.78 is 7.68. The molecule has 0 spiro atoms. The summed E-state index contributed by atoms with van der Waals surface area (Å²) >= 11 is 0. The lowest BCUT2D eigenvalue weighted by atomic mass is 9.77. The molecule has 3 aliphatic carbocycles. The standard InChI is InChI=1S/C28H32N2O2/c1-32-28(31)23-13-12-22-21-11-10-19(29)15-24(21)26-14-18-8-5-9-20(17-6-3-2-4-7-17)27(18)30(26)16-25(22)23/h5,8-9,12-14,17,19,24H,2-4,6-7,10-11,15-16,29H2,1H3. The number of carbonyl (C=O) groups excluding carboxylic acids is 1. The zero-order valence-electron chi connectivity index (χ0n) is 18.9. The molecule has 0 radical (unpaired) electrons. The van der Waals surface area contributed by atoms with Crippen LogP contribution in [0.2, 0.25) is 0 Å². The second-order valence-electron chi connectivity index (χ2n) is 10.0. The predicted octanol–water partition coefficient (Wildman–Crippen LogP) is 5.63. The quantitative estimate of drug-likeness (QED) is 0.631. The summed E-state index contributed by atoms with van der Waals surface area (Å²) in [6.07, 6.45) is 13.7. The van der Waals surface area contributed by atoms with Crippen molar-refractivity contribution in [2.45, 2.75) is 75.8 Å². The third kappa shape index (κ3) is 3.03. The number of nitrogens with two attached hydrogens (primary N) is 1. The molecule has 0 amide bonds. The van der Waals surface area contributed by atoms with Gasteiger partial charge in [-0.3, -0.25) is 0 Å². The van der Waals surface area contributed by atoms with Crippen molar-refractivity contribution in [3.63, 3.8) is 0 Å². The monoisotopic (exact) mass is 428 g/mol. The van der Waals surface area contributed by atoms with E-state index in [0.29, 0.717) is 17.4 Å². The maximum absolute atomic E-state index is 12.6. The molecule has 2 aromatic rings. The largest absolute Gasteiger partial charge is 0.465 e. The van der Waals surface area contributed by atoms with Gasteiger partial charge >= 0.3 is 5.97 Å². The normalized spacial score (nSPS) is 25.6. The van der Waals surface area contributed by atoms with E-state index in [1.54, 1.807) is 0 Å². The number of allylic oxidation sites excluding steroid dienone is 4. The first-order valence-corrected chi connectivity index (χ1v) is 12.3. The van der Waals surface area contributed by atoms with Crippen LogP contribution in [0.3, 0.4) is 0 Å². The number of aromatic nitrogens is 1. The van der Waals surface area contributed by atoms with E-state index in [1.807, 2.05) is 6.08 Å². The minimum absolute atomic E-state index is 0.226. The maximum atomic E-state index is 12.6. The molecule has 1 aliphatic heterocycles. The summed E-state index contributed by atoms with van der Waals surface area (Å²) in [6.45, 7) is 0.727. The third-order valence-corrected chi connectivity index (χ3v) is 8.26. The Kier molecular flexibility index (Phi) is 4.87. The number of esters is 1. The van der Waals surface area contributed by atoms with E-state index in [0.717, 1.165) is 31.4 Å². The van der Waals surface area contributed by atoms with Crippen molar-refractivity contribution in [1.29, 1.82) is 0 Å². The minimum atomic E-state index is -0.233. The molecule has 32 heavy (non-hydrogen) atoms. The first kappa shape index (κ1) is 20.0. The highest BCUT2D eigenvalue weighted by atomic mass is 16.5. The summed E-state index contributed by atoms with van der Waals surface area (Å²) in [6, 6.07) is 9.48. The average molecular weight is 429 g/mol. The Morgan fingerprint density at radius 3 is 2.78 bits per heavy atom. The Labute approximate surface area is 189 Å². The molecular weight excluding hydrogens is 396 g/mol. The summed E-state index contributed by atoms with van der Waals surface area (Å²) in [7, 11) is 1.48. The van der Waals surface area contributed by atoms with Gasteiger partial charge in [-0.25, -0.2) is 4.79 Å². The van der Waals surface area contributed by atoms with Crippen molar-refractivity contribution in [1.82, 2.24) is 4.57 Å². The smallest absolute Gasteiger partial charge is 0.338 e. The molecule has 0 bridgehead atoms. The van der Waals surface area contributed by atoms with Gasteiger partial charge in [0.25, 0.3) is 0 Å². The lowest BCUT2D eigenvalue weighted by Crippen LogP contribution is -2.29. The van der Waals surface area contributed by atoms with Gasteiger partial charge < -0.3 is 15.0 Å². The molecule has 2 N–H and O–H groups in total. The molecule has 166 valence electrons. The van der Waals surface area contributed by atoms with Gasteiger partial charge in [0.2, 0.25) is 0 Å². The number of carbonyl (C=O) groups is 1. The highest BCUT2D eigenvalue weighted by molar-refractivity contribution is 5.96. The lowest BCUT2D eigenvalue weighted by Gasteiger charge is -2.30. The second kappa shape index (κ2) is 7.77. The number of ether oxygens (including phenoxy) is 1. The molecule has 0 saturated heterocycles. The van der Waals surface area contributed by atoms with Gasteiger partial charge in [0.15, 0.2) is 0 Å². The molecule has 1 aromatic heterocycles. The van der Waals surface area contributed by atoms with E-state index in [1.165, 1.54) is 72.5 Å². The van der Waals surface area contributed by atoms with Gasteiger partial charge in [-0.2, -0.15) is 0 Å². The lowest BCUT2D eigenvalue weighted by molar-refractivity contribution is -0.135. The fraction of sp³-hybridized carbons (Fsp3) is 0.464. The molecule has 6 rings (SSSR count). The van der Waals surface area contributed by atoms with Crippen LogP contribution in [0.15, 0.2) is 58.7 Å². The summed E-state index contributed by atoms with van der Waals surface area (Å²) in [5.41, 5.74) is 15.3. The molecule has 4 nitrogen and oxygen atoms in total. The highest BCUT2D eigenvalue weighted by Crippen LogP contribution is 2.48. The Balaban J connectivity index is 1.59. The van der Waals surface area contributed by atoms with Gasteiger partial charge in [0, 0.05) is 29.6 Å². The van der Waals surface area contributed by atoms with Gasteiger partial charge in [-0.15, -0.1) is 0 Å². The van der Waals surface area contributed by atoms with Crippen molar-refractivity contribution in [3.05, 3.63) is 70.0 Å². The number of para-hydroxylation sites is 1. The number of methoxy groups -OCH3 is 1. The fourth-order valence-electron chi connectivity index (χ4n) is 6.72. The van der Waals surface area contributed by atoms with Crippen LogP contribution in [-0.2, 0) is 16.1 Å². The second-order valence-corrected chi connectivity index (χ2v) is 10.0. The van der Waals surface area contributed by atoms with Crippen LogP contribution in [0.25, 0.3) is 10.9 Å². The van der Waals surface area contributed by atoms with E-state index >= 15 is 0 Å². The molecule has 4 aliphatic rings. The Hall–Kier alpha value is -2.59. The van der Waals surface area contributed by atoms with Gasteiger partial charge in [-0.1, -0.05) is 49.1 Å². The average Bonchev–Trinajstić information content (AvgIpc) is 3.38. The molecule has 2 heterocycles. The van der Waals surface area contributed by atoms with Crippen LogP contribution < -0.4 is 5.73 Å². The number of benzene rings is 1. The molecule has 1 aromatic carbocycles. The number of hydrogen-bond acceptors (Lipinski definition) is 3. The molecule has 2 unspecified atom stereocenters. The third-order valence-electron chi connectivity index (χ3n) is 8.26. The maximum Gasteiger partial charge on any atom is 0.338 e. The molecule has 4 heteroatoms. The highest BCUT2D eigenvalue weighted by Gasteiger charge is 2.36. The first-order valence-electron chi connectivity index (χ1n) is 12.3. The van der Waals surface area contributed by atoms with E-state index in [-0.39, 0.29) is 12.0 Å². The topological polar surface area (TPSA) is 57.2 Å². The molecule has 2 saturated carbocycles. The number of rotatable bonds is 2. The zero-order valence-corrected chi connectivity index (χ0v) is 18.9.